The van der Waals surface area contributed by atoms with Crippen molar-refractivity contribution in [3.63, 3.8) is 0 Å². The number of ether oxygens (including phenoxy) is 1. The van der Waals surface area contributed by atoms with Gasteiger partial charge in [0, 0.05) is 12.6 Å². The van der Waals surface area contributed by atoms with E-state index < -0.39 is 6.04 Å². The monoisotopic (exact) mass is 436 g/mol. The number of nitrogens with one attached hydrogen (secondary N) is 1. The van der Waals surface area contributed by atoms with Gasteiger partial charge >= 0.3 is 0 Å². The van der Waals surface area contributed by atoms with Crippen LogP contribution < -0.4 is 10.1 Å². The fourth-order valence-electron chi connectivity index (χ4n) is 2.63. The van der Waals surface area contributed by atoms with Crippen molar-refractivity contribution in [2.24, 2.45) is 0 Å². The third kappa shape index (κ3) is 6.94. The van der Waals surface area contributed by atoms with E-state index in [1.54, 1.807) is 37.3 Å². The van der Waals surface area contributed by atoms with Gasteiger partial charge in [0.2, 0.25) is 5.91 Å². The Bertz CT molecular complexity index is 830. The largest absolute Gasteiger partial charge is 0.484 e. The minimum atomic E-state index is -0.676. The number of hydrogen-bond donors (Lipinski definition) is 1. The topological polar surface area (TPSA) is 58.6 Å². The molecule has 0 radical (unpaired) electrons. The van der Waals surface area contributed by atoms with Crippen molar-refractivity contribution in [2.45, 2.75) is 45.8 Å². The summed E-state index contributed by atoms with van der Waals surface area (Å²) in [5.41, 5.74) is 0.774. The zero-order valence-corrected chi connectivity index (χ0v) is 18.3. The zero-order valence-electron chi connectivity index (χ0n) is 16.8. The summed E-state index contributed by atoms with van der Waals surface area (Å²) in [5.74, 6) is 0.0752. The molecule has 2 amide bonds. The molecule has 2 atom stereocenters. The number of hydrogen-bond acceptors (Lipinski definition) is 3. The summed E-state index contributed by atoms with van der Waals surface area (Å²) in [6.45, 7) is 5.65. The summed E-state index contributed by atoms with van der Waals surface area (Å²) in [7, 11) is 0. The first-order chi connectivity index (χ1) is 13.8. The van der Waals surface area contributed by atoms with Crippen molar-refractivity contribution in [1.82, 2.24) is 10.2 Å². The predicted molar refractivity (Wildman–Crippen MR) is 116 cm³/mol. The summed E-state index contributed by atoms with van der Waals surface area (Å²) < 4.78 is 5.59. The van der Waals surface area contributed by atoms with Gasteiger partial charge in [-0.1, -0.05) is 54.4 Å². The van der Waals surface area contributed by atoms with Crippen molar-refractivity contribution in [2.75, 3.05) is 6.61 Å². The first-order valence-corrected chi connectivity index (χ1v) is 10.3. The molecule has 0 unspecified atom stereocenters. The van der Waals surface area contributed by atoms with E-state index >= 15 is 0 Å². The number of benzene rings is 2. The highest BCUT2D eigenvalue weighted by Gasteiger charge is 2.27. The van der Waals surface area contributed by atoms with Crippen molar-refractivity contribution >= 4 is 35.0 Å². The van der Waals surface area contributed by atoms with E-state index in [0.717, 1.165) is 12.0 Å². The maximum atomic E-state index is 12.9. The lowest BCUT2D eigenvalue weighted by Crippen LogP contribution is -2.50. The third-order valence-corrected chi connectivity index (χ3v) is 5.35. The Balaban J connectivity index is 2.17. The van der Waals surface area contributed by atoms with Crippen molar-refractivity contribution in [3.05, 3.63) is 64.1 Å². The molecule has 29 heavy (non-hydrogen) atoms. The SMILES string of the molecule is CC[C@H](C)NC(=O)[C@H](C)N(Cc1ccc(Cl)c(Cl)c1)C(=O)COc1ccccc1. The maximum Gasteiger partial charge on any atom is 0.261 e. The van der Waals surface area contributed by atoms with Crippen molar-refractivity contribution < 1.29 is 14.3 Å². The zero-order chi connectivity index (χ0) is 21.4. The molecular weight excluding hydrogens is 411 g/mol. The summed E-state index contributed by atoms with van der Waals surface area (Å²) in [6, 6.07) is 13.6. The van der Waals surface area contributed by atoms with Gasteiger partial charge in [-0.3, -0.25) is 9.59 Å². The van der Waals surface area contributed by atoms with E-state index in [0.29, 0.717) is 15.8 Å². The van der Waals surface area contributed by atoms with Crippen LogP contribution in [0.3, 0.4) is 0 Å². The van der Waals surface area contributed by atoms with E-state index in [-0.39, 0.29) is 31.0 Å². The summed E-state index contributed by atoms with van der Waals surface area (Å²) in [6.07, 6.45) is 0.802. The number of amides is 2. The van der Waals surface area contributed by atoms with Crippen LogP contribution in [0.4, 0.5) is 0 Å². The lowest BCUT2D eigenvalue weighted by atomic mass is 10.1. The van der Waals surface area contributed by atoms with Gasteiger partial charge in [-0.15, -0.1) is 0 Å². The molecule has 0 aromatic heterocycles. The van der Waals surface area contributed by atoms with Gasteiger partial charge < -0.3 is 15.0 Å². The quantitative estimate of drug-likeness (QED) is 0.619. The molecule has 0 spiro atoms. The highest BCUT2D eigenvalue weighted by molar-refractivity contribution is 6.42. The van der Waals surface area contributed by atoms with Crippen LogP contribution in [0.15, 0.2) is 48.5 Å². The number of carbonyl (C=O) groups is 2. The molecule has 2 aromatic rings. The number of carbonyl (C=O) groups excluding carboxylic acids is 2. The van der Waals surface area contributed by atoms with Gasteiger partial charge in [0.05, 0.1) is 10.0 Å². The molecule has 7 heteroatoms. The van der Waals surface area contributed by atoms with Crippen LogP contribution in [0.1, 0.15) is 32.8 Å². The second kappa shape index (κ2) is 11.1. The Morgan fingerprint density at radius 1 is 1.07 bits per heavy atom. The molecule has 0 saturated carbocycles. The average Bonchev–Trinajstić information content (AvgIpc) is 2.72. The lowest BCUT2D eigenvalue weighted by Gasteiger charge is -2.29. The Hall–Kier alpha value is -2.24. The Morgan fingerprint density at radius 3 is 2.38 bits per heavy atom. The number of para-hydroxylation sites is 1. The molecule has 5 nitrogen and oxygen atoms in total. The predicted octanol–water partition coefficient (Wildman–Crippen LogP) is 4.70. The highest BCUT2D eigenvalue weighted by Crippen LogP contribution is 2.24. The molecular formula is C22H26Cl2N2O3. The normalized spacial score (nSPS) is 12.7. The van der Waals surface area contributed by atoms with Gasteiger partial charge in [0.15, 0.2) is 6.61 Å². The molecule has 0 bridgehead atoms. The van der Waals surface area contributed by atoms with Crippen LogP contribution in [0.5, 0.6) is 5.75 Å². The van der Waals surface area contributed by atoms with Crippen LogP contribution in [-0.2, 0) is 16.1 Å². The number of rotatable bonds is 9. The average molecular weight is 437 g/mol. The minimum absolute atomic E-state index is 0.0208. The first-order valence-electron chi connectivity index (χ1n) is 9.53. The third-order valence-electron chi connectivity index (χ3n) is 4.61. The molecule has 0 heterocycles. The molecule has 0 aliphatic rings. The summed E-state index contributed by atoms with van der Waals surface area (Å²) >= 11 is 12.1. The maximum absolute atomic E-state index is 12.9. The molecule has 156 valence electrons. The lowest BCUT2D eigenvalue weighted by molar-refractivity contribution is -0.142. The van der Waals surface area contributed by atoms with E-state index in [1.165, 1.54) is 4.90 Å². The van der Waals surface area contributed by atoms with Gasteiger partial charge in [-0.05, 0) is 50.1 Å². The van der Waals surface area contributed by atoms with E-state index in [2.05, 4.69) is 5.32 Å². The molecule has 0 saturated heterocycles. The van der Waals surface area contributed by atoms with Crippen LogP contribution >= 0.6 is 23.2 Å². The van der Waals surface area contributed by atoms with E-state index in [9.17, 15) is 9.59 Å². The molecule has 0 aliphatic heterocycles. The van der Waals surface area contributed by atoms with Gasteiger partial charge in [0.1, 0.15) is 11.8 Å². The van der Waals surface area contributed by atoms with Crippen LogP contribution in [0.2, 0.25) is 10.0 Å². The fourth-order valence-corrected chi connectivity index (χ4v) is 2.95. The van der Waals surface area contributed by atoms with Gasteiger partial charge in [0.25, 0.3) is 5.91 Å². The molecule has 2 rings (SSSR count). The second-order valence-electron chi connectivity index (χ2n) is 6.87. The van der Waals surface area contributed by atoms with Crippen LogP contribution in [0, 0.1) is 0 Å². The van der Waals surface area contributed by atoms with E-state index in [1.807, 2.05) is 32.0 Å². The van der Waals surface area contributed by atoms with Crippen LogP contribution in [0.25, 0.3) is 0 Å². The molecule has 1 N–H and O–H groups in total. The second-order valence-corrected chi connectivity index (χ2v) is 7.68. The summed E-state index contributed by atoms with van der Waals surface area (Å²) in [4.78, 5) is 27.1. The fraction of sp³-hybridized carbons (Fsp3) is 0.364. The minimum Gasteiger partial charge on any atom is -0.484 e. The number of halogens is 2. The van der Waals surface area contributed by atoms with Gasteiger partial charge in [-0.2, -0.15) is 0 Å². The first kappa shape index (κ1) is 23.0. The smallest absolute Gasteiger partial charge is 0.261 e. The Morgan fingerprint density at radius 2 is 1.76 bits per heavy atom. The summed E-state index contributed by atoms with van der Waals surface area (Å²) in [5, 5.41) is 3.75. The van der Waals surface area contributed by atoms with Gasteiger partial charge in [-0.25, -0.2) is 0 Å². The Labute approximate surface area is 181 Å². The standard InChI is InChI=1S/C22H26Cl2N2O3/c1-4-15(2)25-22(28)16(3)26(13-17-10-11-19(23)20(24)12-17)21(27)14-29-18-8-6-5-7-9-18/h5-12,15-16H,4,13-14H2,1-3H3,(H,25,28)/t15-,16-/m0/s1. The van der Waals surface area contributed by atoms with E-state index in [4.69, 9.17) is 27.9 Å². The molecule has 2 aromatic carbocycles. The highest BCUT2D eigenvalue weighted by atomic mass is 35.5. The molecule has 0 fully saturated rings. The molecule has 0 aliphatic carbocycles. The van der Waals surface area contributed by atoms with Crippen LogP contribution in [-0.4, -0.2) is 35.4 Å². The van der Waals surface area contributed by atoms with Crippen molar-refractivity contribution in [3.8, 4) is 5.75 Å². The number of nitrogens with zero attached hydrogens (tertiary/aromatic N) is 1. The van der Waals surface area contributed by atoms with Crippen molar-refractivity contribution in [1.29, 1.82) is 0 Å². The Kier molecular flexibility index (Phi) is 8.80.